The number of carbonyl (C=O) groups excluding carboxylic acids is 2. The Labute approximate surface area is 175 Å². The lowest BCUT2D eigenvalue weighted by atomic mass is 10.1. The Morgan fingerprint density at radius 3 is 2.14 bits per heavy atom. The molecule has 0 unspecified atom stereocenters. The van der Waals surface area contributed by atoms with Crippen molar-refractivity contribution in [1.29, 1.82) is 0 Å². The number of nitrogens with one attached hydrogen (secondary N) is 3. The number of rotatable bonds is 5. The molecule has 0 saturated carbocycles. The van der Waals surface area contributed by atoms with E-state index in [2.05, 4.69) is 16.0 Å². The van der Waals surface area contributed by atoms with Crippen molar-refractivity contribution in [3.63, 3.8) is 0 Å². The van der Waals surface area contributed by atoms with E-state index < -0.39 is 0 Å². The molecule has 29 heavy (non-hydrogen) atoms. The summed E-state index contributed by atoms with van der Waals surface area (Å²) < 4.78 is 0. The molecule has 3 aromatic rings. The lowest BCUT2D eigenvalue weighted by Gasteiger charge is -2.11. The molecule has 0 saturated heterocycles. The first-order chi connectivity index (χ1) is 14.0. The van der Waals surface area contributed by atoms with Crippen LogP contribution in [0.4, 0.5) is 11.4 Å². The molecular weight excluding hydrogens is 382 g/mol. The molecule has 0 aliphatic carbocycles. The third-order valence-corrected chi connectivity index (χ3v) is 4.35. The minimum atomic E-state index is -0.268. The van der Waals surface area contributed by atoms with Gasteiger partial charge in [-0.2, -0.15) is 0 Å². The van der Waals surface area contributed by atoms with Crippen LogP contribution in [0.2, 0.25) is 0 Å². The molecule has 146 valence electrons. The number of amides is 2. The first-order valence-electron chi connectivity index (χ1n) is 9.12. The molecule has 0 aliphatic rings. The fourth-order valence-electron chi connectivity index (χ4n) is 2.75. The third-order valence-electron chi connectivity index (χ3n) is 4.14. The molecule has 0 bridgehead atoms. The summed E-state index contributed by atoms with van der Waals surface area (Å²) in [7, 11) is 0. The number of anilines is 2. The van der Waals surface area contributed by atoms with Gasteiger partial charge in [0.25, 0.3) is 5.91 Å². The minimum Gasteiger partial charge on any atom is -0.332 e. The molecule has 0 heterocycles. The maximum Gasteiger partial charge on any atom is 0.257 e. The van der Waals surface area contributed by atoms with Crippen molar-refractivity contribution in [3.05, 3.63) is 95.6 Å². The molecule has 3 aromatic carbocycles. The Morgan fingerprint density at radius 2 is 1.48 bits per heavy atom. The summed E-state index contributed by atoms with van der Waals surface area (Å²) >= 11 is 5.21. The van der Waals surface area contributed by atoms with E-state index in [-0.39, 0.29) is 16.9 Å². The molecule has 0 atom stereocenters. The summed E-state index contributed by atoms with van der Waals surface area (Å²) in [6.07, 6.45) is 0.315. The van der Waals surface area contributed by atoms with Gasteiger partial charge in [0.15, 0.2) is 5.11 Å². The molecule has 6 heteroatoms. The fourth-order valence-corrected chi connectivity index (χ4v) is 2.96. The van der Waals surface area contributed by atoms with Crippen LogP contribution in [0.1, 0.15) is 21.5 Å². The Morgan fingerprint density at radius 1 is 0.828 bits per heavy atom. The molecule has 0 fully saturated rings. The largest absolute Gasteiger partial charge is 0.332 e. The minimum absolute atomic E-state index is 0.0853. The van der Waals surface area contributed by atoms with E-state index in [0.29, 0.717) is 23.4 Å². The van der Waals surface area contributed by atoms with Gasteiger partial charge in [-0.25, -0.2) is 0 Å². The third kappa shape index (κ3) is 6.26. The zero-order valence-electron chi connectivity index (χ0n) is 15.9. The van der Waals surface area contributed by atoms with Crippen LogP contribution in [0, 0.1) is 6.92 Å². The van der Waals surface area contributed by atoms with E-state index in [4.69, 9.17) is 12.2 Å². The maximum absolute atomic E-state index is 12.2. The van der Waals surface area contributed by atoms with Crippen LogP contribution in [0.25, 0.3) is 0 Å². The van der Waals surface area contributed by atoms with Crippen molar-refractivity contribution >= 4 is 40.5 Å². The van der Waals surface area contributed by atoms with Crippen molar-refractivity contribution in [2.75, 3.05) is 10.6 Å². The predicted molar refractivity (Wildman–Crippen MR) is 120 cm³/mol. The van der Waals surface area contributed by atoms with Crippen molar-refractivity contribution in [1.82, 2.24) is 5.32 Å². The van der Waals surface area contributed by atoms with Crippen molar-refractivity contribution in [2.24, 2.45) is 0 Å². The molecule has 0 radical (unpaired) electrons. The smallest absolute Gasteiger partial charge is 0.257 e. The van der Waals surface area contributed by atoms with Gasteiger partial charge >= 0.3 is 0 Å². The van der Waals surface area contributed by atoms with E-state index in [1.807, 2.05) is 49.4 Å². The van der Waals surface area contributed by atoms with Gasteiger partial charge < -0.3 is 10.6 Å². The van der Waals surface area contributed by atoms with Crippen LogP contribution >= 0.6 is 12.2 Å². The van der Waals surface area contributed by atoms with E-state index in [0.717, 1.165) is 11.1 Å². The highest BCUT2D eigenvalue weighted by molar-refractivity contribution is 7.80. The van der Waals surface area contributed by atoms with Crippen molar-refractivity contribution in [2.45, 2.75) is 13.3 Å². The number of benzene rings is 3. The molecule has 0 aliphatic heterocycles. The predicted octanol–water partition coefficient (Wildman–Crippen LogP) is 4.30. The molecule has 2 amide bonds. The van der Waals surface area contributed by atoms with Crippen molar-refractivity contribution < 1.29 is 9.59 Å². The number of thiocarbonyl (C=S) groups is 1. The van der Waals surface area contributed by atoms with Crippen LogP contribution in [-0.2, 0) is 11.2 Å². The number of hydrogen-bond donors (Lipinski definition) is 3. The van der Waals surface area contributed by atoms with Gasteiger partial charge in [0.1, 0.15) is 0 Å². The number of aryl methyl sites for hydroxylation is 1. The second kappa shape index (κ2) is 9.61. The van der Waals surface area contributed by atoms with Crippen LogP contribution in [0.15, 0.2) is 78.9 Å². The second-order valence-electron chi connectivity index (χ2n) is 6.57. The summed E-state index contributed by atoms with van der Waals surface area (Å²) in [5.41, 5.74) is 3.90. The Bertz CT molecular complexity index is 1020. The Balaban J connectivity index is 1.51. The van der Waals surface area contributed by atoms with Gasteiger partial charge in [0, 0.05) is 16.9 Å². The molecule has 0 spiro atoms. The summed E-state index contributed by atoms with van der Waals surface area (Å²) in [5.74, 6) is -0.353. The van der Waals surface area contributed by atoms with Gasteiger partial charge in [-0.3, -0.25) is 14.9 Å². The summed E-state index contributed by atoms with van der Waals surface area (Å²) in [6, 6.07) is 24.0. The monoisotopic (exact) mass is 403 g/mol. The highest BCUT2D eigenvalue weighted by atomic mass is 32.1. The number of carbonyl (C=O) groups is 2. The zero-order chi connectivity index (χ0) is 20.6. The lowest BCUT2D eigenvalue weighted by Crippen LogP contribution is -2.34. The topological polar surface area (TPSA) is 70.2 Å². The van der Waals surface area contributed by atoms with E-state index in [1.165, 1.54) is 0 Å². The quantitative estimate of drug-likeness (QED) is 0.556. The van der Waals surface area contributed by atoms with Crippen molar-refractivity contribution in [3.8, 4) is 0 Å². The van der Waals surface area contributed by atoms with E-state index >= 15 is 0 Å². The van der Waals surface area contributed by atoms with Crippen LogP contribution in [0.5, 0.6) is 0 Å². The highest BCUT2D eigenvalue weighted by Crippen LogP contribution is 2.14. The van der Waals surface area contributed by atoms with Gasteiger partial charge in [0.2, 0.25) is 5.91 Å². The standard InChI is InChI=1S/C23H21N3O2S/c1-16-6-5-9-18(14-16)22(28)26-23(29)25-20-12-10-19(11-13-20)24-21(27)15-17-7-3-2-4-8-17/h2-14H,15H2,1H3,(H,24,27)(H2,25,26,28,29). The summed E-state index contributed by atoms with van der Waals surface area (Å²) in [5, 5.41) is 8.69. The van der Waals surface area contributed by atoms with Crippen LogP contribution in [-0.4, -0.2) is 16.9 Å². The molecule has 0 aromatic heterocycles. The average Bonchev–Trinajstić information content (AvgIpc) is 2.70. The maximum atomic E-state index is 12.2. The first-order valence-corrected chi connectivity index (χ1v) is 9.53. The Kier molecular flexibility index (Phi) is 6.71. The second-order valence-corrected chi connectivity index (χ2v) is 6.97. The van der Waals surface area contributed by atoms with Crippen LogP contribution < -0.4 is 16.0 Å². The van der Waals surface area contributed by atoms with E-state index in [1.54, 1.807) is 36.4 Å². The van der Waals surface area contributed by atoms with Gasteiger partial charge in [0.05, 0.1) is 6.42 Å². The average molecular weight is 404 g/mol. The SMILES string of the molecule is Cc1cccc(C(=O)NC(=S)Nc2ccc(NC(=O)Cc3ccccc3)cc2)c1. The Hall–Kier alpha value is -3.51. The fraction of sp³-hybridized carbons (Fsp3) is 0.0870. The van der Waals surface area contributed by atoms with E-state index in [9.17, 15) is 9.59 Å². The normalized spacial score (nSPS) is 10.1. The van der Waals surface area contributed by atoms with Gasteiger partial charge in [-0.05, 0) is 61.1 Å². The zero-order valence-corrected chi connectivity index (χ0v) is 16.8. The molecule has 5 nitrogen and oxygen atoms in total. The molecule has 3 N–H and O–H groups in total. The number of hydrogen-bond acceptors (Lipinski definition) is 3. The van der Waals surface area contributed by atoms with Gasteiger partial charge in [-0.15, -0.1) is 0 Å². The summed E-state index contributed by atoms with van der Waals surface area (Å²) in [6.45, 7) is 1.92. The molecule has 3 rings (SSSR count). The lowest BCUT2D eigenvalue weighted by molar-refractivity contribution is -0.115. The first kappa shape index (κ1) is 20.2. The van der Waals surface area contributed by atoms with Gasteiger partial charge in [-0.1, -0.05) is 48.0 Å². The summed E-state index contributed by atoms with van der Waals surface area (Å²) in [4.78, 5) is 24.4. The highest BCUT2D eigenvalue weighted by Gasteiger charge is 2.08. The van der Waals surface area contributed by atoms with Crippen LogP contribution in [0.3, 0.4) is 0 Å². The molecular formula is C23H21N3O2S.